The summed E-state index contributed by atoms with van der Waals surface area (Å²) in [7, 11) is 0. The van der Waals surface area contributed by atoms with Gasteiger partial charge < -0.3 is 10.7 Å². The summed E-state index contributed by atoms with van der Waals surface area (Å²) in [4.78, 5) is 0. The van der Waals surface area contributed by atoms with Crippen LogP contribution < -0.4 is 5.32 Å². The smallest absolute Gasteiger partial charge is 0.0425 e. The van der Waals surface area contributed by atoms with Crippen LogP contribution in [0.15, 0.2) is 30.3 Å². The molecule has 2 heteroatoms. The van der Waals surface area contributed by atoms with Crippen molar-refractivity contribution in [1.82, 2.24) is 5.32 Å². The summed E-state index contributed by atoms with van der Waals surface area (Å²) in [5.74, 6) is 0. The number of rotatable bonds is 3. The second-order valence-corrected chi connectivity index (χ2v) is 5.37. The van der Waals surface area contributed by atoms with E-state index in [0.29, 0.717) is 6.04 Å². The van der Waals surface area contributed by atoms with Crippen LogP contribution in [0.2, 0.25) is 0 Å². The Morgan fingerprint density at radius 3 is 2.62 bits per heavy atom. The van der Waals surface area contributed by atoms with E-state index in [1.165, 1.54) is 11.8 Å². The van der Waals surface area contributed by atoms with Crippen molar-refractivity contribution in [3.63, 3.8) is 0 Å². The van der Waals surface area contributed by atoms with Gasteiger partial charge in [0.1, 0.15) is 0 Å². The van der Waals surface area contributed by atoms with Crippen LogP contribution in [0.5, 0.6) is 0 Å². The lowest BCUT2D eigenvalue weighted by Crippen LogP contribution is -2.36. The topological polar surface area (TPSA) is 35.9 Å². The zero-order chi connectivity index (χ0) is 11.6. The third-order valence-electron chi connectivity index (χ3n) is 3.59. The van der Waals surface area contributed by atoms with Gasteiger partial charge in [0, 0.05) is 18.3 Å². The minimum atomic E-state index is 0.253. The van der Waals surface area contributed by atoms with E-state index in [4.69, 9.17) is 5.41 Å². The maximum Gasteiger partial charge on any atom is 0.0425 e. The first-order valence-corrected chi connectivity index (χ1v) is 5.92. The van der Waals surface area contributed by atoms with Gasteiger partial charge in [-0.15, -0.1) is 0 Å². The maximum absolute atomic E-state index is 7.36. The van der Waals surface area contributed by atoms with Crippen molar-refractivity contribution < 1.29 is 0 Å². The molecule has 1 aliphatic heterocycles. The third-order valence-corrected chi connectivity index (χ3v) is 3.59. The fraction of sp³-hybridized carbons (Fsp3) is 0.500. The van der Waals surface area contributed by atoms with E-state index in [2.05, 4.69) is 49.5 Å². The van der Waals surface area contributed by atoms with Gasteiger partial charge in [0.25, 0.3) is 0 Å². The molecule has 0 amide bonds. The van der Waals surface area contributed by atoms with Gasteiger partial charge in [-0.2, -0.15) is 0 Å². The molecule has 1 aliphatic rings. The van der Waals surface area contributed by atoms with Gasteiger partial charge in [-0.1, -0.05) is 44.2 Å². The normalized spacial score (nSPS) is 27.9. The van der Waals surface area contributed by atoms with Gasteiger partial charge in [-0.25, -0.2) is 0 Å². The number of hydrogen-bond acceptors (Lipinski definition) is 2. The highest BCUT2D eigenvalue weighted by molar-refractivity contribution is 5.61. The molecule has 1 fully saturated rings. The number of benzene rings is 1. The molecule has 2 atom stereocenters. The third kappa shape index (κ3) is 2.33. The summed E-state index contributed by atoms with van der Waals surface area (Å²) in [6, 6.07) is 11.3. The average Bonchev–Trinajstić information content (AvgIpc) is 2.55. The zero-order valence-electron chi connectivity index (χ0n) is 10.0. The summed E-state index contributed by atoms with van der Waals surface area (Å²) < 4.78 is 0. The van der Waals surface area contributed by atoms with Gasteiger partial charge >= 0.3 is 0 Å². The summed E-state index contributed by atoms with van der Waals surface area (Å²) >= 11 is 0. The standard InChI is InChI=1S/C14H20N2/c1-14(2)9-12(10-15)16-13(14)8-11-6-4-3-5-7-11/h3-7,10,12-13,15-16H,8-9H2,1-2H3. The van der Waals surface area contributed by atoms with Gasteiger partial charge in [0.15, 0.2) is 0 Å². The lowest BCUT2D eigenvalue weighted by molar-refractivity contribution is 0.312. The Kier molecular flexibility index (Phi) is 3.10. The first kappa shape index (κ1) is 11.3. The number of hydrogen-bond donors (Lipinski definition) is 2. The summed E-state index contributed by atoms with van der Waals surface area (Å²) in [6.45, 7) is 4.58. The largest absolute Gasteiger partial charge is 0.311 e. The van der Waals surface area contributed by atoms with E-state index in [0.717, 1.165) is 12.8 Å². The van der Waals surface area contributed by atoms with E-state index in [1.807, 2.05) is 0 Å². The van der Waals surface area contributed by atoms with Crippen molar-refractivity contribution >= 4 is 6.21 Å². The molecule has 2 unspecified atom stereocenters. The van der Waals surface area contributed by atoms with Crippen molar-refractivity contribution in [2.45, 2.75) is 38.8 Å². The van der Waals surface area contributed by atoms with Crippen LogP contribution in [0.4, 0.5) is 0 Å². The van der Waals surface area contributed by atoms with Crippen molar-refractivity contribution in [3.05, 3.63) is 35.9 Å². The fourth-order valence-corrected chi connectivity index (χ4v) is 2.54. The van der Waals surface area contributed by atoms with Crippen LogP contribution in [0.3, 0.4) is 0 Å². The van der Waals surface area contributed by atoms with Gasteiger partial charge in [-0.05, 0) is 23.8 Å². The Hall–Kier alpha value is -1.15. The lowest BCUT2D eigenvalue weighted by atomic mass is 9.81. The van der Waals surface area contributed by atoms with E-state index in [9.17, 15) is 0 Å². The first-order chi connectivity index (χ1) is 7.62. The van der Waals surface area contributed by atoms with Crippen LogP contribution in [-0.2, 0) is 6.42 Å². The quantitative estimate of drug-likeness (QED) is 0.749. The molecule has 16 heavy (non-hydrogen) atoms. The second-order valence-electron chi connectivity index (χ2n) is 5.37. The Balaban J connectivity index is 2.08. The van der Waals surface area contributed by atoms with Crippen LogP contribution in [0, 0.1) is 10.8 Å². The molecule has 86 valence electrons. The van der Waals surface area contributed by atoms with Crippen molar-refractivity contribution in [2.24, 2.45) is 5.41 Å². The molecule has 0 saturated carbocycles. The van der Waals surface area contributed by atoms with Gasteiger partial charge in [0.2, 0.25) is 0 Å². The molecule has 1 heterocycles. The molecule has 0 radical (unpaired) electrons. The van der Waals surface area contributed by atoms with Gasteiger partial charge in [-0.3, -0.25) is 0 Å². The highest BCUT2D eigenvalue weighted by Gasteiger charge is 2.38. The molecule has 1 saturated heterocycles. The fourth-order valence-electron chi connectivity index (χ4n) is 2.54. The second kappa shape index (κ2) is 4.38. The minimum Gasteiger partial charge on any atom is -0.311 e. The summed E-state index contributed by atoms with van der Waals surface area (Å²) in [5.41, 5.74) is 1.65. The molecule has 2 nitrogen and oxygen atoms in total. The van der Waals surface area contributed by atoms with Crippen LogP contribution in [0.25, 0.3) is 0 Å². The Morgan fingerprint density at radius 2 is 2.06 bits per heavy atom. The monoisotopic (exact) mass is 216 g/mol. The van der Waals surface area contributed by atoms with E-state index >= 15 is 0 Å². The predicted molar refractivity (Wildman–Crippen MR) is 68.0 cm³/mol. The molecule has 0 aromatic heterocycles. The molecular formula is C14H20N2. The van der Waals surface area contributed by atoms with Crippen LogP contribution in [-0.4, -0.2) is 18.3 Å². The van der Waals surface area contributed by atoms with Crippen molar-refractivity contribution in [2.75, 3.05) is 0 Å². The molecule has 0 aliphatic carbocycles. The highest BCUT2D eigenvalue weighted by atomic mass is 15.0. The zero-order valence-corrected chi connectivity index (χ0v) is 10.0. The molecule has 1 aromatic carbocycles. The molecule has 0 bridgehead atoms. The first-order valence-electron chi connectivity index (χ1n) is 5.92. The SMILES string of the molecule is CC1(C)CC(C=N)NC1Cc1ccccc1. The van der Waals surface area contributed by atoms with Gasteiger partial charge in [0.05, 0.1) is 0 Å². The minimum absolute atomic E-state index is 0.253. The molecule has 1 aromatic rings. The van der Waals surface area contributed by atoms with Crippen molar-refractivity contribution in [1.29, 1.82) is 5.41 Å². The van der Waals surface area contributed by atoms with Crippen LogP contribution >= 0.6 is 0 Å². The van der Waals surface area contributed by atoms with E-state index < -0.39 is 0 Å². The van der Waals surface area contributed by atoms with Crippen LogP contribution in [0.1, 0.15) is 25.8 Å². The highest BCUT2D eigenvalue weighted by Crippen LogP contribution is 2.34. The summed E-state index contributed by atoms with van der Waals surface area (Å²) in [5, 5.41) is 10.9. The molecule has 2 rings (SSSR count). The Labute approximate surface area is 97.6 Å². The molecule has 0 spiro atoms. The van der Waals surface area contributed by atoms with E-state index in [-0.39, 0.29) is 11.5 Å². The Morgan fingerprint density at radius 1 is 1.38 bits per heavy atom. The lowest BCUT2D eigenvalue weighted by Gasteiger charge is -2.26. The molecular weight excluding hydrogens is 196 g/mol. The summed E-state index contributed by atoms with van der Waals surface area (Å²) in [6.07, 6.45) is 3.65. The maximum atomic E-state index is 7.36. The predicted octanol–water partition coefficient (Wildman–Crippen LogP) is 2.64. The van der Waals surface area contributed by atoms with Crippen molar-refractivity contribution in [3.8, 4) is 0 Å². The van der Waals surface area contributed by atoms with E-state index in [1.54, 1.807) is 0 Å². The Bertz CT molecular complexity index is 356. The number of nitrogens with one attached hydrogen (secondary N) is 2. The average molecular weight is 216 g/mol. The molecule has 2 N–H and O–H groups in total.